The standard InChI is InChI=1S/C12H13ClN4O3/c1-20-12-3-2-11(17(18)19)6-9(12)7-16-8-10(4-5-13)14-15-16/h2-3,6,8H,4-5,7H2,1H3. The fraction of sp³-hybridized carbons (Fsp3) is 0.333. The maximum Gasteiger partial charge on any atom is 0.270 e. The maximum absolute atomic E-state index is 10.8. The summed E-state index contributed by atoms with van der Waals surface area (Å²) in [5.41, 5.74) is 1.47. The molecule has 1 aromatic heterocycles. The summed E-state index contributed by atoms with van der Waals surface area (Å²) in [6.07, 6.45) is 2.40. The van der Waals surface area contributed by atoms with Crippen molar-refractivity contribution in [3.63, 3.8) is 0 Å². The van der Waals surface area contributed by atoms with Crippen LogP contribution in [-0.4, -0.2) is 32.9 Å². The van der Waals surface area contributed by atoms with Gasteiger partial charge < -0.3 is 4.74 Å². The van der Waals surface area contributed by atoms with E-state index in [2.05, 4.69) is 10.3 Å². The molecule has 106 valence electrons. The molecule has 8 heteroatoms. The molecule has 2 aromatic rings. The van der Waals surface area contributed by atoms with Gasteiger partial charge >= 0.3 is 0 Å². The highest BCUT2D eigenvalue weighted by molar-refractivity contribution is 6.17. The second kappa shape index (κ2) is 6.33. The van der Waals surface area contributed by atoms with Crippen LogP contribution in [0.4, 0.5) is 5.69 Å². The zero-order chi connectivity index (χ0) is 14.5. The quantitative estimate of drug-likeness (QED) is 0.462. The molecule has 0 bridgehead atoms. The summed E-state index contributed by atoms with van der Waals surface area (Å²) in [4.78, 5) is 10.4. The molecule has 1 heterocycles. The number of aryl methyl sites for hydroxylation is 1. The number of rotatable bonds is 6. The van der Waals surface area contributed by atoms with Gasteiger partial charge in [0.2, 0.25) is 0 Å². The Morgan fingerprint density at radius 2 is 2.30 bits per heavy atom. The first-order valence-corrected chi connectivity index (χ1v) is 6.43. The van der Waals surface area contributed by atoms with Gasteiger partial charge in [0, 0.05) is 36.2 Å². The maximum atomic E-state index is 10.8. The number of nitrogens with zero attached hydrogens (tertiary/aromatic N) is 4. The molecular formula is C12H13ClN4O3. The van der Waals surface area contributed by atoms with Gasteiger partial charge in [0.1, 0.15) is 5.75 Å². The van der Waals surface area contributed by atoms with E-state index < -0.39 is 4.92 Å². The van der Waals surface area contributed by atoms with Crippen molar-refractivity contribution < 1.29 is 9.66 Å². The average molecular weight is 297 g/mol. The highest BCUT2D eigenvalue weighted by Gasteiger charge is 2.12. The molecule has 0 N–H and O–H groups in total. The van der Waals surface area contributed by atoms with E-state index in [1.54, 1.807) is 16.9 Å². The highest BCUT2D eigenvalue weighted by Crippen LogP contribution is 2.24. The summed E-state index contributed by atoms with van der Waals surface area (Å²) in [6, 6.07) is 4.45. The SMILES string of the molecule is COc1ccc([N+](=O)[O-])cc1Cn1cc(CCCl)nn1. The van der Waals surface area contributed by atoms with Gasteiger partial charge in [-0.25, -0.2) is 4.68 Å². The number of non-ortho nitro benzene ring substituents is 1. The number of nitro groups is 1. The molecule has 0 aliphatic carbocycles. The fourth-order valence-electron chi connectivity index (χ4n) is 1.80. The zero-order valence-corrected chi connectivity index (χ0v) is 11.6. The molecule has 0 aliphatic rings. The van der Waals surface area contributed by atoms with Crippen LogP contribution >= 0.6 is 11.6 Å². The molecule has 7 nitrogen and oxygen atoms in total. The molecule has 0 amide bonds. The second-order valence-corrected chi connectivity index (χ2v) is 4.48. The lowest BCUT2D eigenvalue weighted by atomic mass is 10.1. The summed E-state index contributed by atoms with van der Waals surface area (Å²) >= 11 is 5.64. The third-order valence-corrected chi connectivity index (χ3v) is 2.93. The van der Waals surface area contributed by atoms with Crippen LogP contribution in [0.15, 0.2) is 24.4 Å². The van der Waals surface area contributed by atoms with Crippen molar-refractivity contribution in [2.75, 3.05) is 13.0 Å². The minimum Gasteiger partial charge on any atom is -0.496 e. The van der Waals surface area contributed by atoms with Crippen LogP contribution < -0.4 is 4.74 Å². The molecule has 1 aromatic carbocycles. The van der Waals surface area contributed by atoms with Crippen LogP contribution in [0.1, 0.15) is 11.3 Å². The molecule has 0 spiro atoms. The first-order chi connectivity index (χ1) is 9.63. The Kier molecular flexibility index (Phi) is 4.52. The zero-order valence-electron chi connectivity index (χ0n) is 10.8. The van der Waals surface area contributed by atoms with Crippen molar-refractivity contribution in [1.82, 2.24) is 15.0 Å². The van der Waals surface area contributed by atoms with Gasteiger partial charge in [-0.1, -0.05) is 5.21 Å². The van der Waals surface area contributed by atoms with Gasteiger partial charge in [0.15, 0.2) is 0 Å². The predicted octanol–water partition coefficient (Wildman–Crippen LogP) is 2.02. The van der Waals surface area contributed by atoms with Gasteiger partial charge in [-0.2, -0.15) is 0 Å². The van der Waals surface area contributed by atoms with Gasteiger partial charge in [-0.15, -0.1) is 16.7 Å². The topological polar surface area (TPSA) is 83.1 Å². The molecule has 0 fully saturated rings. The molecule has 0 radical (unpaired) electrons. The largest absolute Gasteiger partial charge is 0.496 e. The van der Waals surface area contributed by atoms with Crippen molar-refractivity contribution >= 4 is 17.3 Å². The highest BCUT2D eigenvalue weighted by atomic mass is 35.5. The second-order valence-electron chi connectivity index (χ2n) is 4.10. The van der Waals surface area contributed by atoms with Gasteiger partial charge in [0.25, 0.3) is 5.69 Å². The third kappa shape index (κ3) is 3.24. The Balaban J connectivity index is 2.25. The van der Waals surface area contributed by atoms with Crippen LogP contribution in [-0.2, 0) is 13.0 Å². The molecule has 0 unspecified atom stereocenters. The number of hydrogen-bond donors (Lipinski definition) is 0. The Labute approximate surface area is 120 Å². The molecular weight excluding hydrogens is 284 g/mol. The van der Waals surface area contributed by atoms with Gasteiger partial charge in [-0.3, -0.25) is 10.1 Å². The Hall–Kier alpha value is -2.15. The van der Waals surface area contributed by atoms with Crippen molar-refractivity contribution in [1.29, 1.82) is 0 Å². The van der Waals surface area contributed by atoms with Crippen molar-refractivity contribution in [2.24, 2.45) is 0 Å². The van der Waals surface area contributed by atoms with Crippen LogP contribution in [0.25, 0.3) is 0 Å². The molecule has 20 heavy (non-hydrogen) atoms. The van der Waals surface area contributed by atoms with E-state index in [0.717, 1.165) is 5.69 Å². The number of benzene rings is 1. The van der Waals surface area contributed by atoms with Crippen LogP contribution in [0.2, 0.25) is 0 Å². The lowest BCUT2D eigenvalue weighted by Gasteiger charge is -2.07. The van der Waals surface area contributed by atoms with Crippen molar-refractivity contribution in [3.8, 4) is 5.75 Å². The van der Waals surface area contributed by atoms with Gasteiger partial charge in [-0.05, 0) is 6.07 Å². The van der Waals surface area contributed by atoms with E-state index in [4.69, 9.17) is 16.3 Å². The summed E-state index contributed by atoms with van der Waals surface area (Å²) in [6.45, 7) is 0.347. The number of ether oxygens (including phenoxy) is 1. The minimum atomic E-state index is -0.441. The summed E-state index contributed by atoms with van der Waals surface area (Å²) in [5.74, 6) is 1.05. The van der Waals surface area contributed by atoms with E-state index in [9.17, 15) is 10.1 Å². The Bertz CT molecular complexity index is 614. The molecule has 0 saturated carbocycles. The summed E-state index contributed by atoms with van der Waals surface area (Å²) in [5, 5.41) is 18.7. The number of methoxy groups -OCH3 is 1. The number of hydrogen-bond acceptors (Lipinski definition) is 5. The summed E-state index contributed by atoms with van der Waals surface area (Å²) in [7, 11) is 1.52. The smallest absolute Gasteiger partial charge is 0.270 e. The summed E-state index contributed by atoms with van der Waals surface area (Å²) < 4.78 is 6.80. The third-order valence-electron chi connectivity index (χ3n) is 2.74. The van der Waals surface area contributed by atoms with E-state index >= 15 is 0 Å². The van der Waals surface area contributed by atoms with E-state index in [1.807, 2.05) is 0 Å². The van der Waals surface area contributed by atoms with Gasteiger partial charge in [0.05, 0.1) is 24.3 Å². The molecule has 2 rings (SSSR count). The first kappa shape index (κ1) is 14.3. The predicted molar refractivity (Wildman–Crippen MR) is 73.2 cm³/mol. The Morgan fingerprint density at radius 1 is 1.50 bits per heavy atom. The number of aromatic nitrogens is 3. The monoisotopic (exact) mass is 296 g/mol. The first-order valence-electron chi connectivity index (χ1n) is 5.90. The number of halogens is 1. The lowest BCUT2D eigenvalue weighted by molar-refractivity contribution is -0.384. The minimum absolute atomic E-state index is 0.0156. The molecule has 0 atom stereocenters. The lowest BCUT2D eigenvalue weighted by Crippen LogP contribution is -2.03. The molecule has 0 aliphatic heterocycles. The fourth-order valence-corrected chi connectivity index (χ4v) is 2.00. The van der Waals surface area contributed by atoms with Crippen LogP contribution in [0, 0.1) is 10.1 Å². The Morgan fingerprint density at radius 3 is 2.95 bits per heavy atom. The van der Waals surface area contributed by atoms with Crippen molar-refractivity contribution in [2.45, 2.75) is 13.0 Å². The van der Waals surface area contributed by atoms with E-state index in [1.165, 1.54) is 19.2 Å². The van der Waals surface area contributed by atoms with Crippen LogP contribution in [0.3, 0.4) is 0 Å². The molecule has 0 saturated heterocycles. The van der Waals surface area contributed by atoms with Crippen LogP contribution in [0.5, 0.6) is 5.75 Å². The van der Waals surface area contributed by atoms with E-state index in [-0.39, 0.29) is 5.69 Å². The normalized spacial score (nSPS) is 10.5. The van der Waals surface area contributed by atoms with E-state index in [0.29, 0.717) is 30.2 Å². The number of alkyl halides is 1. The van der Waals surface area contributed by atoms with Crippen molar-refractivity contribution in [3.05, 3.63) is 45.8 Å². The average Bonchev–Trinajstić information content (AvgIpc) is 2.86. The number of nitro benzene ring substituents is 1.